The van der Waals surface area contributed by atoms with Crippen molar-refractivity contribution in [3.8, 4) is 50.7 Å². The smallest absolute Gasteiger partial charge is 0.121 e. The van der Waals surface area contributed by atoms with Gasteiger partial charge in [0.05, 0.1) is 27.8 Å². The number of nitrogens with zero attached hydrogens (tertiary/aromatic N) is 5. The van der Waals surface area contributed by atoms with E-state index in [1.54, 1.807) is 0 Å². The van der Waals surface area contributed by atoms with Gasteiger partial charge in [-0.1, -0.05) is 145 Å². The molecule has 0 radical (unpaired) electrons. The number of rotatable bonds is 6. The van der Waals surface area contributed by atoms with Gasteiger partial charge in [0.25, 0.3) is 0 Å². The number of para-hydroxylation sites is 3. The summed E-state index contributed by atoms with van der Waals surface area (Å²) in [6.07, 6.45) is 0. The number of hydrogen-bond acceptors (Lipinski definition) is 2. The maximum atomic E-state index is 4.81. The summed E-state index contributed by atoms with van der Waals surface area (Å²) in [7, 11) is 0. The van der Waals surface area contributed by atoms with Crippen LogP contribution in [-0.2, 0) is 0 Å². The number of fused-ring (bicyclic) bond motifs is 6. The summed E-state index contributed by atoms with van der Waals surface area (Å²) in [5, 5.41) is 14.5. The van der Waals surface area contributed by atoms with Crippen LogP contribution in [0.1, 0.15) is 0 Å². The fourth-order valence-corrected chi connectivity index (χ4v) is 8.27. The van der Waals surface area contributed by atoms with Crippen molar-refractivity contribution >= 4 is 43.6 Å². The number of aromatic nitrogens is 5. The summed E-state index contributed by atoms with van der Waals surface area (Å²) in [6.45, 7) is 0. The zero-order valence-electron chi connectivity index (χ0n) is 29.8. The Labute approximate surface area is 317 Å². The maximum absolute atomic E-state index is 4.81. The van der Waals surface area contributed by atoms with Crippen LogP contribution >= 0.6 is 0 Å². The second-order valence-electron chi connectivity index (χ2n) is 14.0. The highest BCUT2D eigenvalue weighted by Crippen LogP contribution is 2.40. The van der Waals surface area contributed by atoms with E-state index in [0.29, 0.717) is 0 Å². The molecule has 0 bridgehead atoms. The van der Waals surface area contributed by atoms with Gasteiger partial charge in [0, 0.05) is 44.0 Å². The lowest BCUT2D eigenvalue weighted by Crippen LogP contribution is -1.99. The Morgan fingerprint density at radius 1 is 0.309 bits per heavy atom. The molecule has 0 fully saturated rings. The summed E-state index contributed by atoms with van der Waals surface area (Å²) < 4.78 is 6.74. The fraction of sp³-hybridized carbons (Fsp3) is 0. The highest BCUT2D eigenvalue weighted by Gasteiger charge is 2.21. The molecule has 11 aromatic rings. The molecule has 3 aromatic heterocycles. The third-order valence-corrected chi connectivity index (χ3v) is 10.8. The van der Waals surface area contributed by atoms with E-state index in [1.807, 2.05) is 16.8 Å². The SMILES string of the molecule is c1ccc(-c2ccc(-n3nnc(-c4ccc(-n5c6ccccc6c6cc7c(cc65)c5ccccc5n7-c5ccccc5)cc4)c3-c3ccccc3)cc2)cc1. The largest absolute Gasteiger partial charge is 0.309 e. The molecule has 3 heterocycles. The Balaban J connectivity index is 1.05. The first kappa shape index (κ1) is 31.1. The highest BCUT2D eigenvalue weighted by molar-refractivity contribution is 6.19. The van der Waals surface area contributed by atoms with Crippen molar-refractivity contribution < 1.29 is 0 Å². The molecule has 0 spiro atoms. The third-order valence-electron chi connectivity index (χ3n) is 10.8. The van der Waals surface area contributed by atoms with Crippen molar-refractivity contribution in [2.45, 2.75) is 0 Å². The second-order valence-corrected chi connectivity index (χ2v) is 14.0. The molecule has 0 aliphatic rings. The normalized spacial score (nSPS) is 11.6. The summed E-state index contributed by atoms with van der Waals surface area (Å²) in [4.78, 5) is 0. The average molecular weight is 704 g/mol. The van der Waals surface area contributed by atoms with Crippen molar-refractivity contribution in [2.75, 3.05) is 0 Å². The highest BCUT2D eigenvalue weighted by atomic mass is 15.4. The molecule has 0 N–H and O–H groups in total. The minimum absolute atomic E-state index is 0.836. The van der Waals surface area contributed by atoms with Crippen LogP contribution in [0.5, 0.6) is 0 Å². The zero-order chi connectivity index (χ0) is 36.3. The van der Waals surface area contributed by atoms with E-state index in [0.717, 1.165) is 45.1 Å². The van der Waals surface area contributed by atoms with Crippen LogP contribution in [-0.4, -0.2) is 24.1 Å². The van der Waals surface area contributed by atoms with E-state index in [-0.39, 0.29) is 0 Å². The van der Waals surface area contributed by atoms with Gasteiger partial charge >= 0.3 is 0 Å². The van der Waals surface area contributed by atoms with Crippen molar-refractivity contribution in [3.63, 3.8) is 0 Å². The van der Waals surface area contributed by atoms with Crippen molar-refractivity contribution in [2.24, 2.45) is 0 Å². The van der Waals surface area contributed by atoms with Crippen molar-refractivity contribution in [1.82, 2.24) is 24.1 Å². The van der Waals surface area contributed by atoms with Crippen molar-refractivity contribution in [3.05, 3.63) is 200 Å². The molecule has 5 heteroatoms. The van der Waals surface area contributed by atoms with Crippen LogP contribution in [0.3, 0.4) is 0 Å². The van der Waals surface area contributed by atoms with Gasteiger partial charge in [-0.2, -0.15) is 0 Å². The topological polar surface area (TPSA) is 40.6 Å². The van der Waals surface area contributed by atoms with Gasteiger partial charge in [-0.25, -0.2) is 4.68 Å². The molecule has 5 nitrogen and oxygen atoms in total. The Morgan fingerprint density at radius 2 is 0.745 bits per heavy atom. The zero-order valence-corrected chi connectivity index (χ0v) is 29.8. The summed E-state index contributed by atoms with van der Waals surface area (Å²) in [5.41, 5.74) is 14.1. The Hall–Kier alpha value is -7.50. The molecule has 11 rings (SSSR count). The minimum atomic E-state index is 0.836. The van der Waals surface area contributed by atoms with E-state index >= 15 is 0 Å². The fourth-order valence-electron chi connectivity index (χ4n) is 8.27. The molecule has 0 aliphatic heterocycles. The molecule has 0 atom stereocenters. The van der Waals surface area contributed by atoms with Gasteiger partial charge in [0.15, 0.2) is 0 Å². The molecule has 55 heavy (non-hydrogen) atoms. The molecule has 0 saturated heterocycles. The lowest BCUT2D eigenvalue weighted by atomic mass is 10.0. The Morgan fingerprint density at radius 3 is 1.33 bits per heavy atom. The van der Waals surface area contributed by atoms with Crippen LogP contribution in [0.2, 0.25) is 0 Å². The van der Waals surface area contributed by atoms with Gasteiger partial charge in [0.2, 0.25) is 0 Å². The van der Waals surface area contributed by atoms with E-state index in [1.165, 1.54) is 49.2 Å². The second kappa shape index (κ2) is 12.6. The molecule has 0 saturated carbocycles. The summed E-state index contributed by atoms with van der Waals surface area (Å²) in [6, 6.07) is 71.0. The Kier molecular flexibility index (Phi) is 7.10. The van der Waals surface area contributed by atoms with Gasteiger partial charge in [-0.05, 0) is 71.8 Å². The molecule has 0 unspecified atom stereocenters. The van der Waals surface area contributed by atoms with Crippen LogP contribution in [0.15, 0.2) is 200 Å². The molecule has 8 aromatic carbocycles. The first-order valence-corrected chi connectivity index (χ1v) is 18.6. The van der Waals surface area contributed by atoms with Crippen LogP contribution in [0, 0.1) is 0 Å². The van der Waals surface area contributed by atoms with E-state index < -0.39 is 0 Å². The lowest BCUT2D eigenvalue weighted by molar-refractivity contribution is 0.809. The average Bonchev–Trinajstić information content (AvgIpc) is 3.94. The summed E-state index contributed by atoms with van der Waals surface area (Å²) in [5.74, 6) is 0. The quantitative estimate of drug-likeness (QED) is 0.173. The monoisotopic (exact) mass is 703 g/mol. The van der Waals surface area contributed by atoms with Crippen molar-refractivity contribution in [1.29, 1.82) is 0 Å². The van der Waals surface area contributed by atoms with E-state index in [4.69, 9.17) is 10.3 Å². The van der Waals surface area contributed by atoms with Gasteiger partial charge < -0.3 is 9.13 Å². The predicted octanol–water partition coefficient (Wildman–Crippen LogP) is 12.5. The van der Waals surface area contributed by atoms with Gasteiger partial charge in [-0.3, -0.25) is 0 Å². The molecular weight excluding hydrogens is 671 g/mol. The molecule has 258 valence electrons. The predicted molar refractivity (Wildman–Crippen MR) is 226 cm³/mol. The first-order chi connectivity index (χ1) is 27.3. The number of hydrogen-bond donors (Lipinski definition) is 0. The maximum Gasteiger partial charge on any atom is 0.121 e. The van der Waals surface area contributed by atoms with Crippen LogP contribution < -0.4 is 0 Å². The third kappa shape index (κ3) is 5.02. The van der Waals surface area contributed by atoms with E-state index in [9.17, 15) is 0 Å². The van der Waals surface area contributed by atoms with Gasteiger partial charge in [0.1, 0.15) is 11.4 Å². The molecule has 0 amide bonds. The standard InChI is InChI=1S/C50H33N5/c1-4-14-34(15-5-1)35-24-30-40(31-25-35)55-50(37-16-6-2-7-17-37)49(51-52-55)36-26-28-39(29-27-36)54-46-23-13-11-21-42(46)44-32-47-43(33-48(44)54)41-20-10-12-22-45(41)53(47)38-18-8-3-9-19-38/h1-33H. The van der Waals surface area contributed by atoms with Crippen LogP contribution in [0.25, 0.3) is 94.3 Å². The van der Waals surface area contributed by atoms with Crippen LogP contribution in [0.4, 0.5) is 0 Å². The number of benzene rings is 8. The molecule has 0 aliphatic carbocycles. The van der Waals surface area contributed by atoms with E-state index in [2.05, 4.69) is 197 Å². The first-order valence-electron chi connectivity index (χ1n) is 18.6. The molecular formula is C50H33N5. The van der Waals surface area contributed by atoms with Gasteiger partial charge in [-0.15, -0.1) is 5.10 Å². The lowest BCUT2D eigenvalue weighted by Gasteiger charge is -2.11. The Bertz CT molecular complexity index is 3150. The minimum Gasteiger partial charge on any atom is -0.309 e. The summed E-state index contributed by atoms with van der Waals surface area (Å²) >= 11 is 0.